The smallest absolute Gasteiger partial charge is 0.269 e. The summed E-state index contributed by atoms with van der Waals surface area (Å²) in [6.45, 7) is 0. The summed E-state index contributed by atoms with van der Waals surface area (Å²) >= 11 is 4.50. The number of nitrogens with one attached hydrogen (secondary N) is 1. The molecule has 1 aliphatic rings. The van der Waals surface area contributed by atoms with Crippen molar-refractivity contribution in [3.8, 4) is 6.07 Å². The van der Waals surface area contributed by atoms with Gasteiger partial charge in [0.1, 0.15) is 22.5 Å². The highest BCUT2D eigenvalue weighted by atomic mass is 79.9. The fraction of sp³-hybridized carbons (Fsp3) is 0.0800. The maximum Gasteiger partial charge on any atom is 0.269 e. The molecule has 1 heterocycles. The van der Waals surface area contributed by atoms with E-state index in [1.54, 1.807) is 24.3 Å². The Morgan fingerprint density at radius 1 is 1.06 bits per heavy atom. The minimum absolute atomic E-state index is 0.184. The Morgan fingerprint density at radius 3 is 2.36 bits per heavy atom. The van der Waals surface area contributed by atoms with Crippen molar-refractivity contribution in [2.24, 2.45) is 0 Å². The maximum atomic E-state index is 13.5. The molecule has 33 heavy (non-hydrogen) atoms. The number of anilines is 2. The number of nitriles is 1. The van der Waals surface area contributed by atoms with Crippen LogP contribution >= 0.6 is 27.7 Å². The van der Waals surface area contributed by atoms with Gasteiger partial charge in [0.2, 0.25) is 5.91 Å². The van der Waals surface area contributed by atoms with Crippen LogP contribution in [0.25, 0.3) is 0 Å². The van der Waals surface area contributed by atoms with Gasteiger partial charge in [-0.05, 0) is 60.5 Å². The molecule has 1 saturated heterocycles. The number of carbonyl (C=O) groups excluding carboxylic acids is 2. The first-order chi connectivity index (χ1) is 16.0. The molecule has 8 heteroatoms. The van der Waals surface area contributed by atoms with Gasteiger partial charge in [0, 0.05) is 15.8 Å². The second-order valence-corrected chi connectivity index (χ2v) is 9.31. The van der Waals surface area contributed by atoms with Gasteiger partial charge in [-0.3, -0.25) is 14.5 Å². The molecule has 0 radical (unpaired) electrons. The molecule has 0 spiro atoms. The molecule has 1 unspecified atom stereocenters. The van der Waals surface area contributed by atoms with Crippen LogP contribution in [0.4, 0.5) is 15.8 Å². The quantitative estimate of drug-likeness (QED) is 0.347. The molecule has 3 aromatic rings. The SMILES string of the molecule is N#C/C(C(=O)Nc1ccc(Br)cc1)=C1/SC(Cc2ccccc2)C(=O)N1c1ccc(F)cc1. The Balaban J connectivity index is 1.72. The van der Waals surface area contributed by atoms with Crippen LogP contribution in [0.3, 0.4) is 0 Å². The third kappa shape index (κ3) is 5.16. The van der Waals surface area contributed by atoms with Crippen LogP contribution in [0.2, 0.25) is 0 Å². The van der Waals surface area contributed by atoms with Crippen molar-refractivity contribution < 1.29 is 14.0 Å². The van der Waals surface area contributed by atoms with Crippen molar-refractivity contribution in [2.45, 2.75) is 11.7 Å². The summed E-state index contributed by atoms with van der Waals surface area (Å²) in [4.78, 5) is 27.7. The number of nitrogens with zero attached hydrogens (tertiary/aromatic N) is 2. The maximum absolute atomic E-state index is 13.5. The van der Waals surface area contributed by atoms with Crippen LogP contribution in [-0.4, -0.2) is 17.1 Å². The van der Waals surface area contributed by atoms with E-state index in [9.17, 15) is 19.2 Å². The normalized spacial score (nSPS) is 16.9. The van der Waals surface area contributed by atoms with Crippen LogP contribution in [0.5, 0.6) is 0 Å². The molecule has 1 atom stereocenters. The molecule has 3 aromatic carbocycles. The van der Waals surface area contributed by atoms with Gasteiger partial charge >= 0.3 is 0 Å². The molecule has 164 valence electrons. The average Bonchev–Trinajstić information content (AvgIpc) is 3.12. The van der Waals surface area contributed by atoms with Crippen LogP contribution in [-0.2, 0) is 16.0 Å². The van der Waals surface area contributed by atoms with Crippen molar-refractivity contribution in [3.05, 3.63) is 105 Å². The van der Waals surface area contributed by atoms with E-state index in [0.29, 0.717) is 17.8 Å². The summed E-state index contributed by atoms with van der Waals surface area (Å²) in [5.74, 6) is -1.34. The summed E-state index contributed by atoms with van der Waals surface area (Å²) in [7, 11) is 0. The second-order valence-electron chi connectivity index (χ2n) is 7.20. The molecule has 1 N–H and O–H groups in total. The van der Waals surface area contributed by atoms with Gasteiger partial charge in [0.15, 0.2) is 0 Å². The highest BCUT2D eigenvalue weighted by molar-refractivity contribution is 9.10. The van der Waals surface area contributed by atoms with E-state index in [1.807, 2.05) is 36.4 Å². The summed E-state index contributed by atoms with van der Waals surface area (Å²) < 4.78 is 14.4. The number of carbonyl (C=O) groups is 2. The number of hydrogen-bond acceptors (Lipinski definition) is 4. The van der Waals surface area contributed by atoms with Crippen molar-refractivity contribution in [3.63, 3.8) is 0 Å². The number of halogens is 2. The molecule has 4 rings (SSSR count). The van der Waals surface area contributed by atoms with Crippen LogP contribution < -0.4 is 10.2 Å². The lowest BCUT2D eigenvalue weighted by Crippen LogP contribution is -2.30. The summed E-state index contributed by atoms with van der Waals surface area (Å²) in [6.07, 6.45) is 0.429. The molecule has 0 aliphatic carbocycles. The van der Waals surface area contributed by atoms with Gasteiger partial charge in [0.25, 0.3) is 5.91 Å². The second kappa shape index (κ2) is 10.0. The van der Waals surface area contributed by atoms with Crippen molar-refractivity contribution >= 4 is 50.9 Å². The molecule has 0 saturated carbocycles. The first kappa shape index (κ1) is 22.8. The Labute approximate surface area is 203 Å². The predicted octanol–water partition coefficient (Wildman–Crippen LogP) is 5.65. The first-order valence-corrected chi connectivity index (χ1v) is 11.6. The first-order valence-electron chi connectivity index (χ1n) is 9.97. The fourth-order valence-corrected chi connectivity index (χ4v) is 4.94. The highest BCUT2D eigenvalue weighted by Crippen LogP contribution is 2.42. The molecular formula is C25H17BrFN3O2S. The number of benzene rings is 3. The van der Waals surface area contributed by atoms with E-state index in [0.717, 1.165) is 10.0 Å². The van der Waals surface area contributed by atoms with E-state index >= 15 is 0 Å². The summed E-state index contributed by atoms with van der Waals surface area (Å²) in [5, 5.41) is 12.3. The Hall–Kier alpha value is -3.41. The van der Waals surface area contributed by atoms with E-state index in [1.165, 1.54) is 40.9 Å². The zero-order chi connectivity index (χ0) is 23.4. The van der Waals surface area contributed by atoms with Crippen molar-refractivity contribution in [1.82, 2.24) is 0 Å². The van der Waals surface area contributed by atoms with Crippen molar-refractivity contribution in [2.75, 3.05) is 10.2 Å². The van der Waals surface area contributed by atoms with Gasteiger partial charge in [-0.2, -0.15) is 5.26 Å². The number of rotatable bonds is 5. The largest absolute Gasteiger partial charge is 0.321 e. The van der Waals surface area contributed by atoms with Gasteiger partial charge in [-0.1, -0.05) is 58.0 Å². The standard InChI is InChI=1S/C25H17BrFN3O2S/c26-17-6-10-19(11-7-17)29-23(31)21(15-28)25-30(20-12-8-18(27)9-13-20)24(32)22(33-25)14-16-4-2-1-3-5-16/h1-13,22H,14H2,(H,29,31)/b25-21-. The number of thioether (sulfide) groups is 1. The average molecular weight is 522 g/mol. The van der Waals surface area contributed by atoms with Gasteiger partial charge < -0.3 is 5.32 Å². The van der Waals surface area contributed by atoms with E-state index in [-0.39, 0.29) is 16.5 Å². The lowest BCUT2D eigenvalue weighted by Gasteiger charge is -2.18. The highest BCUT2D eigenvalue weighted by Gasteiger charge is 2.40. The van der Waals surface area contributed by atoms with Crippen LogP contribution in [0.1, 0.15) is 5.56 Å². The Morgan fingerprint density at radius 2 is 1.73 bits per heavy atom. The minimum Gasteiger partial charge on any atom is -0.321 e. The summed E-state index contributed by atoms with van der Waals surface area (Å²) in [6, 6.07) is 23.8. The topological polar surface area (TPSA) is 73.2 Å². The number of hydrogen-bond donors (Lipinski definition) is 1. The fourth-order valence-electron chi connectivity index (χ4n) is 3.37. The Kier molecular flexibility index (Phi) is 6.92. The number of amides is 2. The minimum atomic E-state index is -0.623. The van der Waals surface area contributed by atoms with E-state index in [2.05, 4.69) is 21.2 Å². The van der Waals surface area contributed by atoms with E-state index in [4.69, 9.17) is 0 Å². The summed E-state index contributed by atoms with van der Waals surface area (Å²) in [5.41, 5.74) is 1.68. The predicted molar refractivity (Wildman–Crippen MR) is 131 cm³/mol. The zero-order valence-corrected chi connectivity index (χ0v) is 19.6. The lowest BCUT2D eigenvalue weighted by molar-refractivity contribution is -0.117. The van der Waals surface area contributed by atoms with E-state index < -0.39 is 17.0 Å². The third-order valence-electron chi connectivity index (χ3n) is 4.96. The molecule has 0 aromatic heterocycles. The zero-order valence-electron chi connectivity index (χ0n) is 17.2. The van der Waals surface area contributed by atoms with Gasteiger partial charge in [0.05, 0.1) is 5.25 Å². The van der Waals surface area contributed by atoms with Crippen LogP contribution in [0, 0.1) is 17.1 Å². The lowest BCUT2D eigenvalue weighted by atomic mass is 10.1. The third-order valence-corrected chi connectivity index (χ3v) is 6.75. The molecule has 0 bridgehead atoms. The van der Waals surface area contributed by atoms with Crippen LogP contribution in [0.15, 0.2) is 93.9 Å². The van der Waals surface area contributed by atoms with Gasteiger partial charge in [-0.15, -0.1) is 0 Å². The van der Waals surface area contributed by atoms with Gasteiger partial charge in [-0.25, -0.2) is 4.39 Å². The molecule has 2 amide bonds. The van der Waals surface area contributed by atoms with Crippen molar-refractivity contribution in [1.29, 1.82) is 5.26 Å². The Bertz CT molecular complexity index is 1260. The monoisotopic (exact) mass is 521 g/mol. The molecule has 5 nitrogen and oxygen atoms in total. The molecule has 1 fully saturated rings. The molecular weight excluding hydrogens is 505 g/mol. The molecule has 1 aliphatic heterocycles.